The number of aromatic nitrogens is 1. The normalized spacial score (nSPS) is 25.5. The molecule has 32 heavy (non-hydrogen) atoms. The van der Waals surface area contributed by atoms with Gasteiger partial charge >= 0.3 is 0 Å². The van der Waals surface area contributed by atoms with Crippen molar-refractivity contribution in [3.05, 3.63) is 41.2 Å². The topological polar surface area (TPSA) is 86.1 Å². The van der Waals surface area contributed by atoms with E-state index in [1.54, 1.807) is 29.1 Å². The van der Waals surface area contributed by atoms with Gasteiger partial charge in [-0.2, -0.15) is 5.26 Å². The van der Waals surface area contributed by atoms with Gasteiger partial charge in [0.1, 0.15) is 0 Å². The van der Waals surface area contributed by atoms with Crippen LogP contribution in [0.5, 0.6) is 0 Å². The number of aryl methyl sites for hydroxylation is 1. The third-order valence-electron chi connectivity index (χ3n) is 6.98. The summed E-state index contributed by atoms with van der Waals surface area (Å²) in [4.78, 5) is 32.2. The minimum atomic E-state index is -0.238. The molecule has 0 radical (unpaired) electrons. The first-order chi connectivity index (χ1) is 15.6. The van der Waals surface area contributed by atoms with E-state index in [1.165, 1.54) is 32.1 Å². The number of nitriles is 1. The molecule has 0 aromatic carbocycles. The third kappa shape index (κ3) is 5.72. The molecule has 2 aliphatic heterocycles. The Hall–Kier alpha value is -2.33. The molecule has 1 aromatic rings. The fraction of sp³-hybridized carbons (Fsp3) is 0.600. The maximum atomic E-state index is 12.7. The predicted octanol–water partition coefficient (Wildman–Crippen LogP) is 4.39. The monoisotopic (exact) mass is 452 g/mol. The zero-order chi connectivity index (χ0) is 22.3. The van der Waals surface area contributed by atoms with Crippen molar-refractivity contribution in [2.24, 2.45) is 17.8 Å². The summed E-state index contributed by atoms with van der Waals surface area (Å²) in [5.41, 5.74) is 1.05. The van der Waals surface area contributed by atoms with Crippen LogP contribution in [0, 0.1) is 29.1 Å². The Bertz CT molecular complexity index is 876. The summed E-state index contributed by atoms with van der Waals surface area (Å²) in [6, 6.07) is 6.29. The number of allylic oxidation sites excluding steroid dienone is 1. The average molecular weight is 453 g/mol. The fourth-order valence-electron chi connectivity index (χ4n) is 5.10. The Morgan fingerprint density at radius 3 is 2.81 bits per heavy atom. The van der Waals surface area contributed by atoms with Crippen LogP contribution >= 0.6 is 11.8 Å². The van der Waals surface area contributed by atoms with Crippen LogP contribution in [0.1, 0.15) is 63.4 Å². The van der Waals surface area contributed by atoms with E-state index in [9.17, 15) is 14.9 Å². The first-order valence-electron chi connectivity index (χ1n) is 11.9. The van der Waals surface area contributed by atoms with E-state index in [0.717, 1.165) is 23.3 Å². The van der Waals surface area contributed by atoms with Crippen LogP contribution in [0.25, 0.3) is 0 Å². The zero-order valence-electron chi connectivity index (χ0n) is 18.5. The molecule has 1 saturated carbocycles. The average Bonchev–Trinajstić information content (AvgIpc) is 3.18. The number of rotatable bonds is 7. The first kappa shape index (κ1) is 22.8. The molecule has 2 amide bonds. The SMILES string of the molecule is N#CC1C(NC(=O)CCC2CCCCC2)SC2=CN(C(=O)CCc3cccnc3)CCC21. The lowest BCUT2D eigenvalue weighted by Gasteiger charge is -2.28. The van der Waals surface area contributed by atoms with Gasteiger partial charge < -0.3 is 10.2 Å². The summed E-state index contributed by atoms with van der Waals surface area (Å²) in [6.45, 7) is 0.626. The number of nitrogens with one attached hydrogen (secondary N) is 1. The number of carbonyl (C=O) groups is 2. The predicted molar refractivity (Wildman–Crippen MR) is 125 cm³/mol. The maximum Gasteiger partial charge on any atom is 0.226 e. The first-order valence-corrected chi connectivity index (χ1v) is 12.8. The highest BCUT2D eigenvalue weighted by molar-refractivity contribution is 8.04. The van der Waals surface area contributed by atoms with E-state index >= 15 is 0 Å². The van der Waals surface area contributed by atoms with Crippen LogP contribution in [-0.4, -0.2) is 33.6 Å². The van der Waals surface area contributed by atoms with Gasteiger partial charge in [-0.25, -0.2) is 0 Å². The molecule has 0 spiro atoms. The Morgan fingerprint density at radius 1 is 1.22 bits per heavy atom. The van der Waals surface area contributed by atoms with Crippen molar-refractivity contribution in [1.29, 1.82) is 5.26 Å². The molecule has 3 unspecified atom stereocenters. The summed E-state index contributed by atoms with van der Waals surface area (Å²) in [6.07, 6.45) is 15.2. The van der Waals surface area contributed by atoms with Gasteiger partial charge in [-0.1, -0.05) is 38.2 Å². The van der Waals surface area contributed by atoms with Crippen LogP contribution in [-0.2, 0) is 16.0 Å². The number of thioether (sulfide) groups is 1. The zero-order valence-corrected chi connectivity index (χ0v) is 19.4. The number of pyridine rings is 1. The van der Waals surface area contributed by atoms with Crippen LogP contribution in [0.4, 0.5) is 0 Å². The lowest BCUT2D eigenvalue weighted by atomic mass is 9.86. The molecule has 4 rings (SSSR count). The molecule has 170 valence electrons. The molecule has 2 fully saturated rings. The largest absolute Gasteiger partial charge is 0.343 e. The Balaban J connectivity index is 1.30. The molecule has 3 heterocycles. The van der Waals surface area contributed by atoms with E-state index in [0.29, 0.717) is 31.7 Å². The summed E-state index contributed by atoms with van der Waals surface area (Å²) >= 11 is 1.56. The molecule has 3 atom stereocenters. The molecule has 1 aromatic heterocycles. The second kappa shape index (κ2) is 11.0. The summed E-state index contributed by atoms with van der Waals surface area (Å²) in [5.74, 6) is 0.688. The van der Waals surface area contributed by atoms with E-state index in [-0.39, 0.29) is 29.0 Å². The third-order valence-corrected chi connectivity index (χ3v) is 8.32. The number of hydrogen-bond acceptors (Lipinski definition) is 5. The fourth-order valence-corrected chi connectivity index (χ4v) is 6.60. The maximum absolute atomic E-state index is 12.7. The second-order valence-electron chi connectivity index (χ2n) is 9.18. The highest BCUT2D eigenvalue weighted by Crippen LogP contribution is 2.48. The van der Waals surface area contributed by atoms with Crippen molar-refractivity contribution in [2.45, 2.75) is 69.6 Å². The molecular formula is C25H32N4O2S. The second-order valence-corrected chi connectivity index (χ2v) is 10.4. The van der Waals surface area contributed by atoms with Crippen LogP contribution in [0.15, 0.2) is 35.6 Å². The molecule has 1 aliphatic carbocycles. The number of amides is 2. The van der Waals surface area contributed by atoms with Gasteiger partial charge in [0, 0.05) is 48.8 Å². The van der Waals surface area contributed by atoms with Crippen molar-refractivity contribution in [3.63, 3.8) is 0 Å². The van der Waals surface area contributed by atoms with Crippen molar-refractivity contribution >= 4 is 23.6 Å². The molecular weight excluding hydrogens is 420 g/mol. The van der Waals surface area contributed by atoms with Gasteiger partial charge in [0.2, 0.25) is 11.8 Å². The number of fused-ring (bicyclic) bond motifs is 1. The van der Waals surface area contributed by atoms with E-state index in [2.05, 4.69) is 16.4 Å². The van der Waals surface area contributed by atoms with E-state index in [1.807, 2.05) is 18.3 Å². The molecule has 0 bridgehead atoms. The number of carbonyl (C=O) groups excluding carboxylic acids is 2. The van der Waals surface area contributed by atoms with Gasteiger partial charge in [0.25, 0.3) is 0 Å². The lowest BCUT2D eigenvalue weighted by molar-refractivity contribution is -0.129. The Kier molecular flexibility index (Phi) is 7.85. The van der Waals surface area contributed by atoms with E-state index in [4.69, 9.17) is 0 Å². The highest BCUT2D eigenvalue weighted by atomic mass is 32.2. The van der Waals surface area contributed by atoms with Crippen molar-refractivity contribution in [2.75, 3.05) is 6.54 Å². The molecule has 1 N–H and O–H groups in total. The van der Waals surface area contributed by atoms with Crippen LogP contribution in [0.3, 0.4) is 0 Å². The van der Waals surface area contributed by atoms with Gasteiger partial charge in [-0.05, 0) is 36.8 Å². The van der Waals surface area contributed by atoms with Gasteiger partial charge in [0.15, 0.2) is 0 Å². The number of nitrogens with zero attached hydrogens (tertiary/aromatic N) is 3. The molecule has 3 aliphatic rings. The van der Waals surface area contributed by atoms with Gasteiger partial charge in [0.05, 0.1) is 17.4 Å². The highest BCUT2D eigenvalue weighted by Gasteiger charge is 2.43. The van der Waals surface area contributed by atoms with Crippen LogP contribution in [0.2, 0.25) is 0 Å². The van der Waals surface area contributed by atoms with E-state index < -0.39 is 0 Å². The Labute approximate surface area is 194 Å². The summed E-state index contributed by atoms with van der Waals surface area (Å²) in [5, 5.41) is 12.7. The van der Waals surface area contributed by atoms with Gasteiger partial charge in [-0.15, -0.1) is 11.8 Å². The quantitative estimate of drug-likeness (QED) is 0.663. The minimum absolute atomic E-state index is 0.0528. The van der Waals surface area contributed by atoms with Crippen molar-refractivity contribution in [1.82, 2.24) is 15.2 Å². The van der Waals surface area contributed by atoms with Crippen molar-refractivity contribution < 1.29 is 9.59 Å². The standard InChI is InChI=1S/C25H32N4O2S/c26-15-21-20-12-14-29(24(31)11-9-19-7-4-13-27-16-19)17-22(20)32-25(21)28-23(30)10-8-18-5-2-1-3-6-18/h4,7,13,16-18,20-21,25H,1-3,5-6,8-12,14H2,(H,28,30). The minimum Gasteiger partial charge on any atom is -0.343 e. The lowest BCUT2D eigenvalue weighted by Crippen LogP contribution is -2.38. The number of hydrogen-bond donors (Lipinski definition) is 1. The smallest absolute Gasteiger partial charge is 0.226 e. The van der Waals surface area contributed by atoms with Crippen LogP contribution < -0.4 is 5.32 Å². The molecule has 6 nitrogen and oxygen atoms in total. The summed E-state index contributed by atoms with van der Waals surface area (Å²) in [7, 11) is 0. The molecule has 7 heteroatoms. The van der Waals surface area contributed by atoms with Crippen molar-refractivity contribution in [3.8, 4) is 6.07 Å². The van der Waals surface area contributed by atoms with Gasteiger partial charge in [-0.3, -0.25) is 14.6 Å². The Morgan fingerprint density at radius 2 is 2.06 bits per heavy atom. The summed E-state index contributed by atoms with van der Waals surface area (Å²) < 4.78 is 0. The molecule has 1 saturated heterocycles.